The molecule has 0 saturated heterocycles. The molecule has 0 radical (unpaired) electrons. The lowest BCUT2D eigenvalue weighted by Crippen LogP contribution is -2.39. The fourth-order valence-electron chi connectivity index (χ4n) is 4.02. The first-order valence-electron chi connectivity index (χ1n) is 13.5. The standard InChI is InChI=1S/C32H31ClN4O7S/c1-22-8-15-26(16-9-22)45(40,41)37(29-18-25(42-2)14-17-30(29)43-3)20-31(38)36-34-19-23-10-12-24(13-11-23)44-21-32(39)35-28-7-5-4-6-27(28)33/h4-19H,20-21H2,1-3H3,(H,35,39)(H,36,38)/b34-19-. The highest BCUT2D eigenvalue weighted by atomic mass is 35.5. The van der Waals surface area contributed by atoms with Crippen LogP contribution in [-0.4, -0.2) is 53.8 Å². The highest BCUT2D eigenvalue weighted by Crippen LogP contribution is 2.35. The van der Waals surface area contributed by atoms with E-state index in [0.29, 0.717) is 27.8 Å². The Bertz CT molecular complexity index is 1780. The third-order valence-corrected chi connectivity index (χ3v) is 8.46. The first kappa shape index (κ1) is 32.8. The largest absolute Gasteiger partial charge is 0.497 e. The molecular weight excluding hydrogens is 620 g/mol. The summed E-state index contributed by atoms with van der Waals surface area (Å²) >= 11 is 6.06. The minimum absolute atomic E-state index is 0.00192. The van der Waals surface area contributed by atoms with Crippen molar-refractivity contribution in [3.05, 3.63) is 107 Å². The maximum atomic E-state index is 13.7. The summed E-state index contributed by atoms with van der Waals surface area (Å²) in [5.74, 6) is -0.0270. The molecule has 0 spiro atoms. The molecule has 45 heavy (non-hydrogen) atoms. The van der Waals surface area contributed by atoms with Crippen LogP contribution in [-0.2, 0) is 19.6 Å². The lowest BCUT2D eigenvalue weighted by atomic mass is 10.2. The fraction of sp³-hybridized carbons (Fsp3) is 0.156. The van der Waals surface area contributed by atoms with Crippen molar-refractivity contribution in [3.63, 3.8) is 0 Å². The van der Waals surface area contributed by atoms with Gasteiger partial charge in [0.15, 0.2) is 6.61 Å². The van der Waals surface area contributed by atoms with Gasteiger partial charge in [0, 0.05) is 6.07 Å². The average molecular weight is 651 g/mol. The van der Waals surface area contributed by atoms with E-state index in [9.17, 15) is 18.0 Å². The van der Waals surface area contributed by atoms with Gasteiger partial charge in [-0.25, -0.2) is 13.8 Å². The number of aryl methyl sites for hydroxylation is 1. The van der Waals surface area contributed by atoms with E-state index in [-0.39, 0.29) is 28.8 Å². The Kier molecular flexibility index (Phi) is 11.0. The van der Waals surface area contributed by atoms with Gasteiger partial charge in [0.2, 0.25) is 0 Å². The van der Waals surface area contributed by atoms with E-state index in [4.69, 9.17) is 25.8 Å². The van der Waals surface area contributed by atoms with Gasteiger partial charge in [0.05, 0.1) is 41.7 Å². The van der Waals surface area contributed by atoms with Gasteiger partial charge in [-0.2, -0.15) is 5.10 Å². The number of hydrogen-bond acceptors (Lipinski definition) is 8. The third kappa shape index (κ3) is 8.74. The van der Waals surface area contributed by atoms with Gasteiger partial charge < -0.3 is 19.5 Å². The summed E-state index contributed by atoms with van der Waals surface area (Å²) in [6, 6.07) is 24.4. The Labute approximate surface area is 266 Å². The number of nitrogens with zero attached hydrogens (tertiary/aromatic N) is 2. The monoisotopic (exact) mass is 650 g/mol. The van der Waals surface area contributed by atoms with Crippen LogP contribution in [0.15, 0.2) is 101 Å². The molecule has 4 aromatic rings. The van der Waals surface area contributed by atoms with Crippen molar-refractivity contribution in [2.75, 3.05) is 37.0 Å². The van der Waals surface area contributed by atoms with Crippen LogP contribution in [0.2, 0.25) is 5.02 Å². The number of hydrazone groups is 1. The molecule has 0 aliphatic heterocycles. The summed E-state index contributed by atoms with van der Waals surface area (Å²) in [6.07, 6.45) is 1.39. The molecule has 0 fully saturated rings. The lowest BCUT2D eigenvalue weighted by Gasteiger charge is -2.25. The molecule has 0 bridgehead atoms. The van der Waals surface area contributed by atoms with Gasteiger partial charge >= 0.3 is 0 Å². The van der Waals surface area contributed by atoms with Crippen molar-refractivity contribution in [2.24, 2.45) is 5.10 Å². The smallest absolute Gasteiger partial charge is 0.264 e. The highest BCUT2D eigenvalue weighted by molar-refractivity contribution is 7.92. The second-order valence-corrected chi connectivity index (χ2v) is 11.8. The molecule has 0 atom stereocenters. The summed E-state index contributed by atoms with van der Waals surface area (Å²) in [5.41, 5.74) is 4.47. The molecule has 4 rings (SSSR count). The molecule has 0 aromatic heterocycles. The first-order chi connectivity index (χ1) is 21.6. The topological polar surface area (TPSA) is 136 Å². The summed E-state index contributed by atoms with van der Waals surface area (Å²) in [5, 5.41) is 7.06. The van der Waals surface area contributed by atoms with E-state index >= 15 is 0 Å². The molecule has 234 valence electrons. The second-order valence-electron chi connectivity index (χ2n) is 9.54. The van der Waals surface area contributed by atoms with E-state index in [0.717, 1.165) is 9.87 Å². The van der Waals surface area contributed by atoms with Crippen LogP contribution in [0.3, 0.4) is 0 Å². The van der Waals surface area contributed by atoms with Gasteiger partial charge in [-0.05, 0) is 73.2 Å². The zero-order valence-corrected chi connectivity index (χ0v) is 26.3. The maximum absolute atomic E-state index is 13.7. The zero-order valence-electron chi connectivity index (χ0n) is 24.7. The van der Waals surface area contributed by atoms with Crippen molar-refractivity contribution in [1.82, 2.24) is 5.43 Å². The molecular formula is C32H31ClN4O7S. The Morgan fingerprint density at radius 3 is 2.24 bits per heavy atom. The molecule has 0 aliphatic rings. The van der Waals surface area contributed by atoms with Gasteiger partial charge in [0.25, 0.3) is 21.8 Å². The second kappa shape index (κ2) is 15.1. The van der Waals surface area contributed by atoms with Crippen molar-refractivity contribution >= 4 is 51.0 Å². The van der Waals surface area contributed by atoms with E-state index in [1.54, 1.807) is 72.8 Å². The number of rotatable bonds is 13. The van der Waals surface area contributed by atoms with E-state index in [1.165, 1.54) is 38.6 Å². The van der Waals surface area contributed by atoms with E-state index in [2.05, 4.69) is 15.8 Å². The Morgan fingerprint density at radius 2 is 1.58 bits per heavy atom. The minimum Gasteiger partial charge on any atom is -0.497 e. The zero-order chi connectivity index (χ0) is 32.4. The van der Waals surface area contributed by atoms with Crippen molar-refractivity contribution in [3.8, 4) is 17.2 Å². The molecule has 2 N–H and O–H groups in total. The third-order valence-electron chi connectivity index (χ3n) is 6.35. The number of anilines is 2. The molecule has 0 unspecified atom stereocenters. The average Bonchev–Trinajstić information content (AvgIpc) is 3.04. The Hall–Kier alpha value is -5.07. The fourth-order valence-corrected chi connectivity index (χ4v) is 5.63. The summed E-state index contributed by atoms with van der Waals surface area (Å²) < 4.78 is 44.6. The van der Waals surface area contributed by atoms with Crippen LogP contribution in [0.1, 0.15) is 11.1 Å². The number of amides is 2. The van der Waals surface area contributed by atoms with Gasteiger partial charge in [-0.15, -0.1) is 0 Å². The normalized spacial score (nSPS) is 11.1. The quantitative estimate of drug-likeness (QED) is 0.153. The molecule has 13 heteroatoms. The SMILES string of the molecule is COc1ccc(OC)c(N(CC(=O)N/N=C\c2ccc(OCC(=O)Nc3ccccc3Cl)cc2)S(=O)(=O)c2ccc(C)cc2)c1. The number of hydrogen-bond donors (Lipinski definition) is 2. The number of nitrogens with one attached hydrogen (secondary N) is 2. The van der Waals surface area contributed by atoms with E-state index < -0.39 is 22.5 Å². The van der Waals surface area contributed by atoms with Gasteiger partial charge in [-0.1, -0.05) is 41.4 Å². The van der Waals surface area contributed by atoms with Gasteiger partial charge in [-0.3, -0.25) is 13.9 Å². The van der Waals surface area contributed by atoms with Crippen LogP contribution in [0.4, 0.5) is 11.4 Å². The minimum atomic E-state index is -4.20. The predicted molar refractivity (Wildman–Crippen MR) is 173 cm³/mol. The van der Waals surface area contributed by atoms with Crippen LogP contribution in [0.25, 0.3) is 0 Å². The van der Waals surface area contributed by atoms with Crippen LogP contribution in [0, 0.1) is 6.92 Å². The summed E-state index contributed by atoms with van der Waals surface area (Å²) in [7, 11) is -1.35. The molecule has 11 nitrogen and oxygen atoms in total. The number of carbonyl (C=O) groups excluding carboxylic acids is 2. The number of methoxy groups -OCH3 is 2. The number of para-hydroxylation sites is 1. The molecule has 0 aliphatic carbocycles. The number of sulfonamides is 1. The molecule has 4 aromatic carbocycles. The van der Waals surface area contributed by atoms with Crippen LogP contribution >= 0.6 is 11.6 Å². The predicted octanol–water partition coefficient (Wildman–Crippen LogP) is 5.03. The number of carbonyl (C=O) groups is 2. The Morgan fingerprint density at radius 1 is 0.889 bits per heavy atom. The Balaban J connectivity index is 1.42. The lowest BCUT2D eigenvalue weighted by molar-refractivity contribution is -0.119. The van der Waals surface area contributed by atoms with Crippen LogP contribution in [0.5, 0.6) is 17.2 Å². The number of halogens is 1. The number of ether oxygens (including phenoxy) is 3. The van der Waals surface area contributed by atoms with Crippen LogP contribution < -0.4 is 29.3 Å². The molecule has 0 saturated carbocycles. The van der Waals surface area contributed by atoms with E-state index in [1.807, 2.05) is 6.92 Å². The van der Waals surface area contributed by atoms with Gasteiger partial charge in [0.1, 0.15) is 23.8 Å². The van der Waals surface area contributed by atoms with Crippen molar-refractivity contribution in [2.45, 2.75) is 11.8 Å². The highest BCUT2D eigenvalue weighted by Gasteiger charge is 2.30. The summed E-state index contributed by atoms with van der Waals surface area (Å²) in [4.78, 5) is 25.2. The van der Waals surface area contributed by atoms with Crippen molar-refractivity contribution in [1.29, 1.82) is 0 Å². The van der Waals surface area contributed by atoms with Crippen molar-refractivity contribution < 1.29 is 32.2 Å². The summed E-state index contributed by atoms with van der Waals surface area (Å²) in [6.45, 7) is 1.02. The molecule has 2 amide bonds. The number of benzene rings is 4. The first-order valence-corrected chi connectivity index (χ1v) is 15.3. The maximum Gasteiger partial charge on any atom is 0.264 e. The molecule has 0 heterocycles.